The number of thiophene rings is 1. The predicted molar refractivity (Wildman–Crippen MR) is 101 cm³/mol. The van der Waals surface area contributed by atoms with Crippen LogP contribution in [0.3, 0.4) is 0 Å². The van der Waals surface area contributed by atoms with Gasteiger partial charge in [0.05, 0.1) is 15.6 Å². The minimum Gasteiger partial charge on any atom is -0.451 e. The molecule has 0 aliphatic carbocycles. The van der Waals surface area contributed by atoms with Crippen LogP contribution < -0.4 is 5.32 Å². The van der Waals surface area contributed by atoms with Crippen molar-refractivity contribution >= 4 is 45.4 Å². The lowest BCUT2D eigenvalue weighted by molar-refractivity contribution is 0.0998. The lowest BCUT2D eigenvalue weighted by atomic mass is 10.2. The number of amides is 1. The molecule has 0 bridgehead atoms. The molecule has 0 fully saturated rings. The molecule has 0 aliphatic heterocycles. The largest absolute Gasteiger partial charge is 0.451 e. The molecule has 1 aromatic carbocycles. The van der Waals surface area contributed by atoms with Crippen LogP contribution in [-0.2, 0) is 0 Å². The predicted octanol–water partition coefficient (Wildman–Crippen LogP) is 6.06. The third kappa shape index (κ3) is 3.42. The molecule has 0 aliphatic rings. The molecule has 0 saturated heterocycles. The Morgan fingerprint density at radius 1 is 1.20 bits per heavy atom. The van der Waals surface area contributed by atoms with Crippen LogP contribution in [0.4, 0.5) is 5.00 Å². The Labute approximate surface area is 158 Å². The van der Waals surface area contributed by atoms with Crippen LogP contribution in [0.25, 0.3) is 11.3 Å². The first kappa shape index (κ1) is 17.6. The average molecular weight is 391 g/mol. The molecule has 0 unspecified atom stereocenters. The van der Waals surface area contributed by atoms with Gasteiger partial charge in [-0.1, -0.05) is 23.2 Å². The van der Waals surface area contributed by atoms with E-state index in [9.17, 15) is 10.1 Å². The van der Waals surface area contributed by atoms with Gasteiger partial charge in [-0.2, -0.15) is 5.26 Å². The third-order valence-corrected chi connectivity index (χ3v) is 5.62. The molecule has 25 heavy (non-hydrogen) atoms. The highest BCUT2D eigenvalue weighted by atomic mass is 35.5. The lowest BCUT2D eigenvalue weighted by Crippen LogP contribution is -2.10. The molecular weight excluding hydrogens is 379 g/mol. The second-order valence-electron chi connectivity index (χ2n) is 5.35. The van der Waals surface area contributed by atoms with Crippen molar-refractivity contribution in [3.05, 3.63) is 62.1 Å². The Kier molecular flexibility index (Phi) is 4.87. The fourth-order valence-corrected chi connectivity index (χ4v) is 3.58. The van der Waals surface area contributed by atoms with E-state index in [0.29, 0.717) is 31.9 Å². The van der Waals surface area contributed by atoms with Crippen LogP contribution in [0.5, 0.6) is 0 Å². The summed E-state index contributed by atoms with van der Waals surface area (Å²) in [5.74, 6) is 0.237. The fraction of sp³-hybridized carbons (Fsp3) is 0.111. The minimum absolute atomic E-state index is 0.147. The fourth-order valence-electron chi connectivity index (χ4n) is 2.28. The maximum atomic E-state index is 12.4. The number of aryl methyl sites for hydroxylation is 1. The van der Waals surface area contributed by atoms with Crippen LogP contribution >= 0.6 is 34.5 Å². The molecule has 3 rings (SSSR count). The molecule has 2 heterocycles. The number of hydrogen-bond donors (Lipinski definition) is 1. The zero-order valence-corrected chi connectivity index (χ0v) is 15.6. The van der Waals surface area contributed by atoms with Gasteiger partial charge in [0, 0.05) is 10.4 Å². The molecule has 126 valence electrons. The minimum atomic E-state index is -0.413. The van der Waals surface area contributed by atoms with Crippen LogP contribution in [0.15, 0.2) is 34.7 Å². The molecule has 1 N–H and O–H groups in total. The number of nitrogens with one attached hydrogen (secondary N) is 1. The molecule has 0 radical (unpaired) electrons. The van der Waals surface area contributed by atoms with Gasteiger partial charge >= 0.3 is 0 Å². The van der Waals surface area contributed by atoms with E-state index in [-0.39, 0.29) is 5.76 Å². The molecule has 1 amide bonds. The number of carbonyl (C=O) groups is 1. The quantitative estimate of drug-likeness (QED) is 0.591. The number of anilines is 1. The van der Waals surface area contributed by atoms with Gasteiger partial charge in [0.15, 0.2) is 5.76 Å². The van der Waals surface area contributed by atoms with Gasteiger partial charge in [-0.15, -0.1) is 11.3 Å². The Bertz CT molecular complexity index is 1010. The Hall–Kier alpha value is -2.26. The van der Waals surface area contributed by atoms with Crippen molar-refractivity contribution in [3.8, 4) is 17.4 Å². The summed E-state index contributed by atoms with van der Waals surface area (Å²) < 4.78 is 5.62. The normalized spacial score (nSPS) is 10.5. The van der Waals surface area contributed by atoms with E-state index in [1.54, 1.807) is 30.3 Å². The van der Waals surface area contributed by atoms with Crippen molar-refractivity contribution < 1.29 is 9.21 Å². The van der Waals surface area contributed by atoms with Crippen LogP contribution in [0, 0.1) is 25.2 Å². The molecule has 0 spiro atoms. The van der Waals surface area contributed by atoms with Crippen molar-refractivity contribution in [2.45, 2.75) is 13.8 Å². The topological polar surface area (TPSA) is 66.0 Å². The number of benzene rings is 1. The van der Waals surface area contributed by atoms with Gasteiger partial charge in [0.2, 0.25) is 0 Å². The van der Waals surface area contributed by atoms with Gasteiger partial charge in [0.25, 0.3) is 5.91 Å². The third-order valence-electron chi connectivity index (χ3n) is 3.76. The van der Waals surface area contributed by atoms with E-state index >= 15 is 0 Å². The SMILES string of the molecule is Cc1sc(NC(=O)c2ccc(-c3ccc(Cl)c(Cl)c3)o2)c(C#N)c1C. The standard InChI is InChI=1S/C18H12Cl2N2O2S/c1-9-10(2)25-18(12(9)8-21)22-17(23)16-6-5-15(24-16)11-3-4-13(19)14(20)7-11/h3-7H,1-2H3,(H,22,23). The van der Waals surface area contributed by atoms with Crippen LogP contribution in [-0.4, -0.2) is 5.91 Å². The first-order valence-corrected chi connectivity index (χ1v) is 8.84. The summed E-state index contributed by atoms with van der Waals surface area (Å²) in [6, 6.07) is 10.5. The van der Waals surface area contributed by atoms with Crippen molar-refractivity contribution in [3.63, 3.8) is 0 Å². The number of furan rings is 1. The van der Waals surface area contributed by atoms with Crippen molar-refractivity contribution in [1.29, 1.82) is 5.26 Å². The van der Waals surface area contributed by atoms with E-state index in [1.165, 1.54) is 11.3 Å². The number of hydrogen-bond acceptors (Lipinski definition) is 4. The number of nitriles is 1. The zero-order chi connectivity index (χ0) is 18.1. The van der Waals surface area contributed by atoms with Crippen molar-refractivity contribution in [1.82, 2.24) is 0 Å². The number of halogens is 2. The van der Waals surface area contributed by atoms with E-state index in [4.69, 9.17) is 27.6 Å². The van der Waals surface area contributed by atoms with E-state index in [2.05, 4.69) is 11.4 Å². The summed E-state index contributed by atoms with van der Waals surface area (Å²) in [5, 5.41) is 13.4. The molecule has 7 heteroatoms. The Balaban J connectivity index is 1.85. The number of carbonyl (C=O) groups excluding carboxylic acids is 1. The van der Waals surface area contributed by atoms with Gasteiger partial charge in [-0.25, -0.2) is 0 Å². The Morgan fingerprint density at radius 2 is 1.96 bits per heavy atom. The molecule has 4 nitrogen and oxygen atoms in total. The summed E-state index contributed by atoms with van der Waals surface area (Å²) in [7, 11) is 0. The molecule has 0 saturated carbocycles. The summed E-state index contributed by atoms with van der Waals surface area (Å²) in [4.78, 5) is 13.4. The number of nitrogens with zero attached hydrogens (tertiary/aromatic N) is 1. The first-order valence-electron chi connectivity index (χ1n) is 7.27. The van der Waals surface area contributed by atoms with Crippen molar-refractivity contribution in [2.24, 2.45) is 0 Å². The van der Waals surface area contributed by atoms with Gasteiger partial charge in [-0.05, 0) is 49.7 Å². The maximum Gasteiger partial charge on any atom is 0.292 e. The summed E-state index contributed by atoms with van der Waals surface area (Å²) in [6.45, 7) is 3.76. The summed E-state index contributed by atoms with van der Waals surface area (Å²) in [5.41, 5.74) is 2.07. The maximum absolute atomic E-state index is 12.4. The van der Waals surface area contributed by atoms with Crippen molar-refractivity contribution in [2.75, 3.05) is 5.32 Å². The highest BCUT2D eigenvalue weighted by Gasteiger charge is 2.18. The molecule has 2 aromatic heterocycles. The van der Waals surface area contributed by atoms with Crippen LogP contribution in [0.2, 0.25) is 10.0 Å². The highest BCUT2D eigenvalue weighted by molar-refractivity contribution is 7.16. The average Bonchev–Trinajstić information content (AvgIpc) is 3.16. The zero-order valence-electron chi connectivity index (χ0n) is 13.3. The van der Waals surface area contributed by atoms with E-state index in [0.717, 1.165) is 10.4 Å². The molecule has 3 aromatic rings. The van der Waals surface area contributed by atoms with Gasteiger partial charge in [-0.3, -0.25) is 4.79 Å². The summed E-state index contributed by atoms with van der Waals surface area (Å²) >= 11 is 13.3. The Morgan fingerprint density at radius 3 is 2.64 bits per heavy atom. The highest BCUT2D eigenvalue weighted by Crippen LogP contribution is 2.33. The number of rotatable bonds is 3. The van der Waals surface area contributed by atoms with Gasteiger partial charge in [0.1, 0.15) is 16.8 Å². The van der Waals surface area contributed by atoms with Crippen LogP contribution in [0.1, 0.15) is 26.6 Å². The summed E-state index contributed by atoms with van der Waals surface area (Å²) in [6.07, 6.45) is 0. The van der Waals surface area contributed by atoms with Gasteiger partial charge < -0.3 is 9.73 Å². The second kappa shape index (κ2) is 6.93. The second-order valence-corrected chi connectivity index (χ2v) is 7.39. The molecular formula is C18H12Cl2N2O2S. The van der Waals surface area contributed by atoms with E-state index in [1.807, 2.05) is 13.8 Å². The first-order chi connectivity index (χ1) is 11.9. The van der Waals surface area contributed by atoms with E-state index < -0.39 is 5.91 Å². The smallest absolute Gasteiger partial charge is 0.292 e. The lowest BCUT2D eigenvalue weighted by Gasteiger charge is -2.02. The molecule has 0 atom stereocenters. The monoisotopic (exact) mass is 390 g/mol.